The van der Waals surface area contributed by atoms with Crippen LogP contribution in [0.5, 0.6) is 0 Å². The second-order valence-electron chi connectivity index (χ2n) is 15.3. The van der Waals surface area contributed by atoms with Crippen LogP contribution < -0.4 is 4.90 Å². The van der Waals surface area contributed by atoms with Gasteiger partial charge in [0.15, 0.2) is 0 Å². The van der Waals surface area contributed by atoms with Crippen molar-refractivity contribution in [2.45, 2.75) is 32.1 Å². The number of aryl methyl sites for hydroxylation is 1. The van der Waals surface area contributed by atoms with Crippen LogP contribution in [0.3, 0.4) is 0 Å². The molecule has 2 heteroatoms. The van der Waals surface area contributed by atoms with E-state index in [1.807, 2.05) is 0 Å². The molecule has 2 aliphatic rings. The Balaban J connectivity index is 1.13. The highest BCUT2D eigenvalue weighted by Gasteiger charge is 2.36. The third-order valence-corrected chi connectivity index (χ3v) is 12.0. The lowest BCUT2D eigenvalue weighted by Gasteiger charge is -2.28. The zero-order valence-electron chi connectivity index (χ0n) is 31.1. The molecule has 0 amide bonds. The second kappa shape index (κ2) is 12.6. The van der Waals surface area contributed by atoms with Crippen molar-refractivity contribution in [3.05, 3.63) is 198 Å². The first kappa shape index (κ1) is 32.3. The van der Waals surface area contributed by atoms with E-state index in [2.05, 4.69) is 206 Å². The summed E-state index contributed by atoms with van der Waals surface area (Å²) in [4.78, 5) is 2.42. The summed E-state index contributed by atoms with van der Waals surface area (Å²) in [6.07, 6.45) is 2.10. The van der Waals surface area contributed by atoms with Crippen molar-refractivity contribution < 1.29 is 0 Å². The smallest absolute Gasteiger partial charge is 0.0566 e. The molecular formula is C52H42N2. The van der Waals surface area contributed by atoms with Crippen LogP contribution in [0.1, 0.15) is 36.2 Å². The van der Waals surface area contributed by atoms with Crippen molar-refractivity contribution >= 4 is 17.1 Å². The summed E-state index contributed by atoms with van der Waals surface area (Å²) in [6.45, 7) is 4.72. The van der Waals surface area contributed by atoms with Gasteiger partial charge in [-0.05, 0) is 105 Å². The lowest BCUT2D eigenvalue weighted by atomic mass is 9.82. The van der Waals surface area contributed by atoms with Gasteiger partial charge < -0.3 is 9.47 Å². The fraction of sp³-hybridized carbons (Fsp3) is 0.115. The van der Waals surface area contributed by atoms with Crippen LogP contribution in [-0.4, -0.2) is 4.57 Å². The molecule has 0 bridgehead atoms. The lowest BCUT2D eigenvalue weighted by Crippen LogP contribution is -2.16. The third kappa shape index (κ3) is 5.09. The SMILES string of the molecule is Cn1c2c(c(-c3ccc(N(c4ccc(-c5ccccc5)cc4)c4ccc5c(c4)C(C)(C)c4ccccc4-5)cc3)c1-c1ccccc1)-c1ccccc1CC2. The zero-order chi connectivity index (χ0) is 36.4. The number of fused-ring (bicyclic) bond motifs is 6. The minimum absolute atomic E-state index is 0.0921. The number of hydrogen-bond acceptors (Lipinski definition) is 1. The maximum atomic E-state index is 2.45. The Kier molecular flexibility index (Phi) is 7.56. The molecule has 260 valence electrons. The van der Waals surface area contributed by atoms with Crippen LogP contribution in [0, 0.1) is 0 Å². The van der Waals surface area contributed by atoms with Crippen molar-refractivity contribution in [2.75, 3.05) is 4.90 Å². The molecule has 2 aliphatic carbocycles. The molecule has 0 saturated heterocycles. The highest BCUT2D eigenvalue weighted by Crippen LogP contribution is 2.51. The molecule has 0 unspecified atom stereocenters. The summed E-state index contributed by atoms with van der Waals surface area (Å²) in [5.41, 5.74) is 21.8. The Morgan fingerprint density at radius 1 is 0.444 bits per heavy atom. The molecule has 54 heavy (non-hydrogen) atoms. The molecular weight excluding hydrogens is 653 g/mol. The van der Waals surface area contributed by atoms with E-state index in [1.54, 1.807) is 0 Å². The summed E-state index contributed by atoms with van der Waals surface area (Å²) >= 11 is 0. The maximum absolute atomic E-state index is 2.45. The van der Waals surface area contributed by atoms with Gasteiger partial charge in [0.2, 0.25) is 0 Å². The van der Waals surface area contributed by atoms with Crippen LogP contribution in [0.4, 0.5) is 17.1 Å². The lowest BCUT2D eigenvalue weighted by molar-refractivity contribution is 0.660. The largest absolute Gasteiger partial charge is 0.347 e. The molecule has 1 heterocycles. The van der Waals surface area contributed by atoms with E-state index >= 15 is 0 Å². The Morgan fingerprint density at radius 2 is 0.981 bits per heavy atom. The number of benzene rings is 7. The van der Waals surface area contributed by atoms with Gasteiger partial charge in [-0.2, -0.15) is 0 Å². The highest BCUT2D eigenvalue weighted by atomic mass is 15.1. The molecule has 0 saturated carbocycles. The minimum Gasteiger partial charge on any atom is -0.347 e. The number of rotatable bonds is 6. The van der Waals surface area contributed by atoms with E-state index in [0.29, 0.717) is 0 Å². The van der Waals surface area contributed by atoms with Crippen LogP contribution in [0.15, 0.2) is 176 Å². The molecule has 2 nitrogen and oxygen atoms in total. The first-order valence-electron chi connectivity index (χ1n) is 19.1. The molecule has 0 N–H and O–H groups in total. The van der Waals surface area contributed by atoms with Crippen molar-refractivity contribution in [2.24, 2.45) is 7.05 Å². The summed E-state index contributed by atoms with van der Waals surface area (Å²) in [5, 5.41) is 0. The fourth-order valence-corrected chi connectivity index (χ4v) is 9.26. The zero-order valence-corrected chi connectivity index (χ0v) is 31.1. The molecule has 0 atom stereocenters. The van der Waals surface area contributed by atoms with Crippen molar-refractivity contribution in [1.29, 1.82) is 0 Å². The van der Waals surface area contributed by atoms with E-state index in [4.69, 9.17) is 0 Å². The van der Waals surface area contributed by atoms with Gasteiger partial charge in [0, 0.05) is 46.3 Å². The average Bonchev–Trinajstić information content (AvgIpc) is 3.66. The third-order valence-electron chi connectivity index (χ3n) is 12.0. The van der Waals surface area contributed by atoms with Gasteiger partial charge in [0.1, 0.15) is 0 Å². The number of aromatic nitrogens is 1. The van der Waals surface area contributed by atoms with Crippen molar-refractivity contribution in [1.82, 2.24) is 4.57 Å². The average molecular weight is 695 g/mol. The normalized spacial score (nSPS) is 13.5. The van der Waals surface area contributed by atoms with E-state index in [-0.39, 0.29) is 5.41 Å². The molecule has 0 fully saturated rings. The first-order chi connectivity index (χ1) is 26.5. The predicted molar refractivity (Wildman–Crippen MR) is 227 cm³/mol. The highest BCUT2D eigenvalue weighted by molar-refractivity contribution is 5.98. The molecule has 8 aromatic rings. The minimum atomic E-state index is -0.0921. The topological polar surface area (TPSA) is 8.17 Å². The predicted octanol–water partition coefficient (Wildman–Crippen LogP) is 13.6. The van der Waals surface area contributed by atoms with Crippen molar-refractivity contribution in [3.63, 3.8) is 0 Å². The Labute approximate surface area is 318 Å². The number of hydrogen-bond donors (Lipinski definition) is 0. The Bertz CT molecular complexity index is 2660. The van der Waals surface area contributed by atoms with Gasteiger partial charge in [-0.1, -0.05) is 153 Å². The molecule has 1 aromatic heterocycles. The Morgan fingerprint density at radius 3 is 1.69 bits per heavy atom. The molecule has 0 aliphatic heterocycles. The van der Waals surface area contributed by atoms with Crippen molar-refractivity contribution in [3.8, 4) is 55.8 Å². The monoisotopic (exact) mass is 694 g/mol. The van der Waals surface area contributed by atoms with Gasteiger partial charge in [-0.25, -0.2) is 0 Å². The van der Waals surface area contributed by atoms with E-state index < -0.39 is 0 Å². The summed E-state index contributed by atoms with van der Waals surface area (Å²) < 4.78 is 2.45. The van der Waals surface area contributed by atoms with E-state index in [0.717, 1.165) is 29.9 Å². The van der Waals surface area contributed by atoms with Crippen LogP contribution >= 0.6 is 0 Å². The van der Waals surface area contributed by atoms with Gasteiger partial charge in [0.05, 0.1) is 5.69 Å². The quantitative estimate of drug-likeness (QED) is 0.168. The van der Waals surface area contributed by atoms with Crippen LogP contribution in [0.2, 0.25) is 0 Å². The Hall–Kier alpha value is -6.38. The number of anilines is 3. The molecule has 0 spiro atoms. The maximum Gasteiger partial charge on any atom is 0.0566 e. The second-order valence-corrected chi connectivity index (χ2v) is 15.3. The van der Waals surface area contributed by atoms with Gasteiger partial charge >= 0.3 is 0 Å². The first-order valence-corrected chi connectivity index (χ1v) is 19.1. The fourth-order valence-electron chi connectivity index (χ4n) is 9.26. The summed E-state index contributed by atoms with van der Waals surface area (Å²) in [5.74, 6) is 0. The van der Waals surface area contributed by atoms with E-state index in [9.17, 15) is 0 Å². The molecule has 7 aromatic carbocycles. The van der Waals surface area contributed by atoms with Gasteiger partial charge in [-0.15, -0.1) is 0 Å². The molecule has 10 rings (SSSR count). The summed E-state index contributed by atoms with van der Waals surface area (Å²) in [6, 6.07) is 64.8. The van der Waals surface area contributed by atoms with Gasteiger partial charge in [0.25, 0.3) is 0 Å². The molecule has 0 radical (unpaired) electrons. The standard InChI is InChI=1S/C52H42N2/c1-52(2)46-21-13-12-20-44(46)45-32-31-42(34-47(45)52)54(40-27-22-36(23-28-40)35-14-6-4-7-15-35)41-29-24-38(25-30-41)49-50-43-19-11-10-16-37(43)26-33-48(50)53(3)51(49)39-17-8-5-9-18-39/h4-25,27-32,34H,26,33H2,1-3H3. The van der Waals surface area contributed by atoms with E-state index in [1.165, 1.54) is 78.1 Å². The van der Waals surface area contributed by atoms with Crippen LogP contribution in [-0.2, 0) is 25.3 Å². The number of nitrogens with zero attached hydrogens (tertiary/aromatic N) is 2. The van der Waals surface area contributed by atoms with Gasteiger partial charge in [-0.3, -0.25) is 0 Å². The van der Waals surface area contributed by atoms with Crippen LogP contribution in [0.25, 0.3) is 55.8 Å². The summed E-state index contributed by atoms with van der Waals surface area (Å²) in [7, 11) is 2.25.